The van der Waals surface area contributed by atoms with Crippen molar-refractivity contribution in [3.8, 4) is 0 Å². The largest absolute Gasteiger partial charge is 0.361 e. The first kappa shape index (κ1) is 10.7. The summed E-state index contributed by atoms with van der Waals surface area (Å²) in [4.78, 5) is 3.42. The van der Waals surface area contributed by atoms with E-state index in [1.165, 1.54) is 49.1 Å². The first-order chi connectivity index (χ1) is 7.25. The van der Waals surface area contributed by atoms with Gasteiger partial charge >= 0.3 is 0 Å². The lowest BCUT2D eigenvalue weighted by Crippen LogP contribution is -2.30. The highest BCUT2D eigenvalue weighted by atomic mass is 14.9. The summed E-state index contributed by atoms with van der Waals surface area (Å²) >= 11 is 0. The van der Waals surface area contributed by atoms with Crippen molar-refractivity contribution in [2.75, 3.05) is 0 Å². The third-order valence-corrected chi connectivity index (χ3v) is 3.43. The average Bonchev–Trinajstić information content (AvgIpc) is 2.56. The highest BCUT2D eigenvalue weighted by Gasteiger charge is 2.13. The third-order valence-electron chi connectivity index (χ3n) is 3.43. The van der Waals surface area contributed by atoms with Crippen LogP contribution in [-0.2, 0) is 6.54 Å². The Hall–Kier alpha value is -0.760. The van der Waals surface area contributed by atoms with E-state index in [-0.39, 0.29) is 0 Å². The van der Waals surface area contributed by atoms with Crippen molar-refractivity contribution >= 4 is 0 Å². The zero-order chi connectivity index (χ0) is 10.7. The third kappa shape index (κ3) is 2.85. The summed E-state index contributed by atoms with van der Waals surface area (Å²) in [6.45, 7) is 5.31. The Balaban J connectivity index is 1.84. The molecule has 0 bridgehead atoms. The van der Waals surface area contributed by atoms with Crippen LogP contribution >= 0.6 is 0 Å². The summed E-state index contributed by atoms with van der Waals surface area (Å²) in [5, 5.41) is 3.66. The van der Waals surface area contributed by atoms with Crippen LogP contribution in [0.2, 0.25) is 0 Å². The Morgan fingerprint density at radius 2 is 2.00 bits per heavy atom. The van der Waals surface area contributed by atoms with E-state index in [1.807, 2.05) is 0 Å². The van der Waals surface area contributed by atoms with E-state index in [4.69, 9.17) is 0 Å². The maximum atomic E-state index is 3.66. The topological polar surface area (TPSA) is 27.8 Å². The molecular formula is C13H22N2. The molecule has 0 spiro atoms. The molecule has 1 saturated carbocycles. The van der Waals surface area contributed by atoms with Gasteiger partial charge in [-0.05, 0) is 38.3 Å². The van der Waals surface area contributed by atoms with Crippen molar-refractivity contribution in [1.29, 1.82) is 0 Å². The fourth-order valence-corrected chi connectivity index (χ4v) is 2.52. The molecule has 0 aromatic carbocycles. The highest BCUT2D eigenvalue weighted by Crippen LogP contribution is 2.18. The fraction of sp³-hybridized carbons (Fsp3) is 0.692. The predicted molar refractivity (Wildman–Crippen MR) is 64.0 cm³/mol. The second-order valence-electron chi connectivity index (χ2n) is 4.83. The second-order valence-corrected chi connectivity index (χ2v) is 4.83. The van der Waals surface area contributed by atoms with E-state index in [2.05, 4.69) is 30.2 Å². The normalized spacial score (nSPS) is 18.3. The molecule has 0 amide bonds. The quantitative estimate of drug-likeness (QED) is 0.781. The average molecular weight is 206 g/mol. The van der Waals surface area contributed by atoms with E-state index >= 15 is 0 Å². The minimum atomic E-state index is 0.752. The molecule has 0 aliphatic heterocycles. The summed E-state index contributed by atoms with van der Waals surface area (Å²) in [5.74, 6) is 0. The van der Waals surface area contributed by atoms with Gasteiger partial charge in [0.1, 0.15) is 0 Å². The van der Waals surface area contributed by atoms with Crippen LogP contribution < -0.4 is 5.32 Å². The van der Waals surface area contributed by atoms with Gasteiger partial charge in [0.05, 0.1) is 0 Å². The number of aromatic amines is 1. The van der Waals surface area contributed by atoms with Gasteiger partial charge in [0.15, 0.2) is 0 Å². The molecule has 1 aromatic rings. The standard InChI is InChI=1S/C13H22N2/c1-10-8-11(2)15-13(10)9-14-12-6-4-3-5-7-12/h8,12,14-15H,3-7,9H2,1-2H3. The molecule has 1 aliphatic carbocycles. The van der Waals surface area contributed by atoms with Crippen molar-refractivity contribution in [3.05, 3.63) is 23.0 Å². The van der Waals surface area contributed by atoms with Crippen LogP contribution in [0.15, 0.2) is 6.07 Å². The van der Waals surface area contributed by atoms with Gasteiger partial charge in [-0.25, -0.2) is 0 Å². The van der Waals surface area contributed by atoms with Crippen LogP contribution in [0.3, 0.4) is 0 Å². The van der Waals surface area contributed by atoms with Crippen LogP contribution in [0.5, 0.6) is 0 Å². The molecule has 2 rings (SSSR count). The number of nitrogens with one attached hydrogen (secondary N) is 2. The molecule has 2 N–H and O–H groups in total. The number of aromatic nitrogens is 1. The Morgan fingerprint density at radius 1 is 1.27 bits per heavy atom. The smallest absolute Gasteiger partial charge is 0.0362 e. The van der Waals surface area contributed by atoms with E-state index < -0.39 is 0 Å². The summed E-state index contributed by atoms with van der Waals surface area (Å²) in [6.07, 6.45) is 6.96. The minimum Gasteiger partial charge on any atom is -0.361 e. The maximum absolute atomic E-state index is 3.66. The minimum absolute atomic E-state index is 0.752. The van der Waals surface area contributed by atoms with Gasteiger partial charge in [-0.2, -0.15) is 0 Å². The number of rotatable bonds is 3. The Labute approximate surface area is 92.5 Å². The SMILES string of the molecule is Cc1cc(C)c(CNC2CCCCC2)[nH]1. The van der Waals surface area contributed by atoms with Gasteiger partial charge < -0.3 is 10.3 Å². The van der Waals surface area contributed by atoms with E-state index in [0.29, 0.717) is 0 Å². The summed E-state index contributed by atoms with van der Waals surface area (Å²) < 4.78 is 0. The summed E-state index contributed by atoms with van der Waals surface area (Å²) in [7, 11) is 0. The van der Waals surface area contributed by atoms with Gasteiger partial charge in [0.2, 0.25) is 0 Å². The van der Waals surface area contributed by atoms with Crippen LogP contribution in [0.4, 0.5) is 0 Å². The number of aryl methyl sites for hydroxylation is 2. The van der Waals surface area contributed by atoms with E-state index in [1.54, 1.807) is 0 Å². The molecule has 2 nitrogen and oxygen atoms in total. The van der Waals surface area contributed by atoms with E-state index in [0.717, 1.165) is 12.6 Å². The molecule has 1 aliphatic rings. The molecule has 1 aromatic heterocycles. The second kappa shape index (κ2) is 4.84. The van der Waals surface area contributed by atoms with Crippen molar-refractivity contribution in [3.63, 3.8) is 0 Å². The van der Waals surface area contributed by atoms with Crippen molar-refractivity contribution < 1.29 is 0 Å². The fourth-order valence-electron chi connectivity index (χ4n) is 2.52. The lowest BCUT2D eigenvalue weighted by atomic mass is 9.95. The molecule has 1 fully saturated rings. The van der Waals surface area contributed by atoms with Gasteiger partial charge in [0, 0.05) is 24.0 Å². The molecule has 84 valence electrons. The first-order valence-electron chi connectivity index (χ1n) is 6.14. The Morgan fingerprint density at radius 3 is 2.60 bits per heavy atom. The van der Waals surface area contributed by atoms with Crippen molar-refractivity contribution in [1.82, 2.24) is 10.3 Å². The van der Waals surface area contributed by atoms with Gasteiger partial charge in [-0.1, -0.05) is 19.3 Å². The highest BCUT2D eigenvalue weighted by molar-refractivity contribution is 5.23. The van der Waals surface area contributed by atoms with Crippen LogP contribution in [-0.4, -0.2) is 11.0 Å². The van der Waals surface area contributed by atoms with E-state index in [9.17, 15) is 0 Å². The molecule has 0 saturated heterocycles. The molecule has 1 heterocycles. The summed E-state index contributed by atoms with van der Waals surface area (Å²) in [6, 6.07) is 2.97. The monoisotopic (exact) mass is 206 g/mol. The Kier molecular flexibility index (Phi) is 3.47. The molecule has 0 radical (unpaired) electrons. The number of H-pyrrole nitrogens is 1. The van der Waals surface area contributed by atoms with Crippen molar-refractivity contribution in [2.24, 2.45) is 0 Å². The molecule has 0 atom stereocenters. The first-order valence-corrected chi connectivity index (χ1v) is 6.14. The molecule has 0 unspecified atom stereocenters. The van der Waals surface area contributed by atoms with Crippen molar-refractivity contribution in [2.45, 2.75) is 58.5 Å². The lowest BCUT2D eigenvalue weighted by Gasteiger charge is -2.22. The molecule has 15 heavy (non-hydrogen) atoms. The van der Waals surface area contributed by atoms with Gasteiger partial charge in [0.25, 0.3) is 0 Å². The molecular weight excluding hydrogens is 184 g/mol. The van der Waals surface area contributed by atoms with Gasteiger partial charge in [-0.15, -0.1) is 0 Å². The summed E-state index contributed by atoms with van der Waals surface area (Å²) in [5.41, 5.74) is 4.02. The maximum Gasteiger partial charge on any atom is 0.0362 e. The van der Waals surface area contributed by atoms with Crippen LogP contribution in [0.25, 0.3) is 0 Å². The number of hydrogen-bond acceptors (Lipinski definition) is 1. The Bertz CT molecular complexity index is 308. The van der Waals surface area contributed by atoms with Gasteiger partial charge in [-0.3, -0.25) is 0 Å². The lowest BCUT2D eigenvalue weighted by molar-refractivity contribution is 0.371. The number of hydrogen-bond donors (Lipinski definition) is 2. The van der Waals surface area contributed by atoms with Crippen LogP contribution in [0, 0.1) is 13.8 Å². The molecule has 2 heteroatoms. The zero-order valence-corrected chi connectivity index (χ0v) is 9.90. The zero-order valence-electron chi connectivity index (χ0n) is 9.90. The van der Waals surface area contributed by atoms with Crippen LogP contribution in [0.1, 0.15) is 49.1 Å². The predicted octanol–water partition coefficient (Wildman–Crippen LogP) is 3.05.